The van der Waals surface area contributed by atoms with Gasteiger partial charge in [-0.05, 0) is 38.5 Å². The minimum atomic E-state index is -4.51. The molecule has 0 spiro atoms. The van der Waals surface area contributed by atoms with Crippen LogP contribution in [0.25, 0.3) is 0 Å². The molecule has 1 unspecified atom stereocenters. The van der Waals surface area contributed by atoms with Crippen molar-refractivity contribution in [3.05, 3.63) is 47.3 Å². The van der Waals surface area contributed by atoms with Crippen molar-refractivity contribution in [2.75, 3.05) is 13.1 Å². The van der Waals surface area contributed by atoms with Crippen LogP contribution in [0.15, 0.2) is 35.5 Å². The molecule has 0 saturated heterocycles. The summed E-state index contributed by atoms with van der Waals surface area (Å²) < 4.78 is 46.1. The molecule has 0 fully saturated rings. The maximum Gasteiger partial charge on any atom is 0.435 e. The zero-order valence-corrected chi connectivity index (χ0v) is 19.2. The van der Waals surface area contributed by atoms with Gasteiger partial charge in [0, 0.05) is 25.4 Å². The molecule has 1 aromatic carbocycles. The Morgan fingerprint density at radius 3 is 2.66 bits per heavy atom. The lowest BCUT2D eigenvalue weighted by atomic mass is 10.2. The van der Waals surface area contributed by atoms with E-state index in [1.165, 1.54) is 13.2 Å². The molecule has 29 heavy (non-hydrogen) atoms. The van der Waals surface area contributed by atoms with Crippen LogP contribution in [0.1, 0.15) is 30.7 Å². The van der Waals surface area contributed by atoms with Crippen molar-refractivity contribution in [1.82, 2.24) is 20.4 Å². The molecule has 0 radical (unpaired) electrons. The Balaban J connectivity index is 0.00000420. The zero-order chi connectivity index (χ0) is 20.7. The quantitative estimate of drug-likeness (QED) is 0.327. The average molecular weight is 525 g/mol. The summed E-state index contributed by atoms with van der Waals surface area (Å²) in [5.74, 6) is 1.18. The van der Waals surface area contributed by atoms with Crippen LogP contribution in [0.4, 0.5) is 13.2 Å². The number of halogens is 4. The molecule has 0 saturated carbocycles. The molecule has 2 N–H and O–H groups in total. The molecule has 1 atom stereocenters. The smallest absolute Gasteiger partial charge is 0.435 e. The van der Waals surface area contributed by atoms with E-state index in [2.05, 4.69) is 20.7 Å². The van der Waals surface area contributed by atoms with Gasteiger partial charge in [-0.15, -0.1) is 24.0 Å². The van der Waals surface area contributed by atoms with Crippen molar-refractivity contribution in [2.24, 2.45) is 12.0 Å². The fourth-order valence-electron chi connectivity index (χ4n) is 2.60. The fraction of sp³-hybridized carbons (Fsp3) is 0.474. The van der Waals surface area contributed by atoms with E-state index in [9.17, 15) is 13.2 Å². The van der Waals surface area contributed by atoms with Gasteiger partial charge in [0.15, 0.2) is 11.7 Å². The minimum absolute atomic E-state index is 0. The summed E-state index contributed by atoms with van der Waals surface area (Å²) in [6.45, 7) is 6.67. The number of guanidine groups is 1. The number of benzene rings is 1. The van der Waals surface area contributed by atoms with Gasteiger partial charge in [0.1, 0.15) is 11.9 Å². The predicted octanol–water partition coefficient (Wildman–Crippen LogP) is 3.89. The van der Waals surface area contributed by atoms with E-state index >= 15 is 0 Å². The van der Waals surface area contributed by atoms with Crippen LogP contribution in [0, 0.1) is 6.92 Å². The maximum atomic E-state index is 13.1. The second-order valence-electron chi connectivity index (χ2n) is 6.50. The highest BCUT2D eigenvalue weighted by Crippen LogP contribution is 2.30. The first-order chi connectivity index (χ1) is 13.2. The summed E-state index contributed by atoms with van der Waals surface area (Å²) in [6, 6.07) is 7.72. The Morgan fingerprint density at radius 1 is 1.31 bits per heavy atom. The van der Waals surface area contributed by atoms with Crippen LogP contribution in [-0.2, 0) is 19.8 Å². The first kappa shape index (κ1) is 25.1. The molecule has 0 bridgehead atoms. The van der Waals surface area contributed by atoms with Gasteiger partial charge in [-0.3, -0.25) is 4.68 Å². The third-order valence-corrected chi connectivity index (χ3v) is 3.81. The Hall–Kier alpha value is -1.98. The van der Waals surface area contributed by atoms with E-state index in [1.54, 1.807) is 0 Å². The topological polar surface area (TPSA) is 63.5 Å². The molecule has 0 aliphatic heterocycles. The molecule has 10 heteroatoms. The predicted molar refractivity (Wildman–Crippen MR) is 118 cm³/mol. The summed E-state index contributed by atoms with van der Waals surface area (Å²) in [5, 5.41) is 9.61. The summed E-state index contributed by atoms with van der Waals surface area (Å²) in [7, 11) is 1.45. The van der Waals surface area contributed by atoms with Crippen molar-refractivity contribution in [2.45, 2.75) is 39.6 Å². The fourth-order valence-corrected chi connectivity index (χ4v) is 2.60. The lowest BCUT2D eigenvalue weighted by molar-refractivity contribution is -0.142. The Bertz CT molecular complexity index is 807. The second-order valence-corrected chi connectivity index (χ2v) is 6.50. The van der Waals surface area contributed by atoms with Gasteiger partial charge in [-0.1, -0.05) is 12.1 Å². The van der Waals surface area contributed by atoms with E-state index in [0.29, 0.717) is 19.0 Å². The molecule has 0 amide bonds. The highest BCUT2D eigenvalue weighted by Gasteiger charge is 2.36. The molecule has 162 valence electrons. The van der Waals surface area contributed by atoms with Crippen LogP contribution in [0.5, 0.6) is 5.75 Å². The zero-order valence-electron chi connectivity index (χ0n) is 16.9. The standard InChI is InChI=1S/C19H26F3N5O.HI/c1-5-23-18(24-10-14(3)28-16-8-6-7-13(2)9-16)25-11-15-12-27(4)26-17(15)19(20,21)22;/h6-9,12,14H,5,10-11H2,1-4H3,(H2,23,24,25);1H. The number of aliphatic imine (C=N–C) groups is 1. The van der Waals surface area contributed by atoms with Gasteiger partial charge in [0.25, 0.3) is 0 Å². The molecule has 0 aliphatic carbocycles. The van der Waals surface area contributed by atoms with Crippen LogP contribution in [-0.4, -0.2) is 34.9 Å². The molecular formula is C19H27F3IN5O. The molecule has 2 rings (SSSR count). The number of rotatable bonds is 7. The third-order valence-electron chi connectivity index (χ3n) is 3.81. The number of aryl methyl sites for hydroxylation is 2. The van der Waals surface area contributed by atoms with Crippen molar-refractivity contribution < 1.29 is 17.9 Å². The summed E-state index contributed by atoms with van der Waals surface area (Å²) in [4.78, 5) is 4.25. The van der Waals surface area contributed by atoms with Crippen LogP contribution >= 0.6 is 24.0 Å². The van der Waals surface area contributed by atoms with E-state index in [4.69, 9.17) is 4.74 Å². The Kier molecular flexibility index (Phi) is 9.74. The Labute approximate surface area is 185 Å². The number of alkyl halides is 3. The highest BCUT2D eigenvalue weighted by molar-refractivity contribution is 14.0. The highest BCUT2D eigenvalue weighted by atomic mass is 127. The van der Waals surface area contributed by atoms with Gasteiger partial charge >= 0.3 is 6.18 Å². The molecule has 2 aromatic rings. The first-order valence-corrected chi connectivity index (χ1v) is 9.04. The van der Waals surface area contributed by atoms with E-state index in [-0.39, 0.29) is 42.2 Å². The normalized spacial score (nSPS) is 12.9. The van der Waals surface area contributed by atoms with Crippen molar-refractivity contribution in [3.63, 3.8) is 0 Å². The second kappa shape index (κ2) is 11.3. The van der Waals surface area contributed by atoms with Crippen molar-refractivity contribution in [3.8, 4) is 5.75 Å². The summed E-state index contributed by atoms with van der Waals surface area (Å²) in [5.41, 5.74) is 0.214. The van der Waals surface area contributed by atoms with Crippen molar-refractivity contribution >= 4 is 29.9 Å². The van der Waals surface area contributed by atoms with Gasteiger partial charge in [0.2, 0.25) is 0 Å². The number of nitrogens with one attached hydrogen (secondary N) is 2. The SMILES string of the molecule is CCNC(=NCc1cn(C)nc1C(F)(F)F)NCC(C)Oc1cccc(C)c1.I. The molecular weight excluding hydrogens is 498 g/mol. The largest absolute Gasteiger partial charge is 0.489 e. The van der Waals surface area contributed by atoms with E-state index in [0.717, 1.165) is 16.0 Å². The number of hydrogen-bond acceptors (Lipinski definition) is 3. The Morgan fingerprint density at radius 2 is 2.03 bits per heavy atom. The summed E-state index contributed by atoms with van der Waals surface area (Å²) in [6.07, 6.45) is -3.33. The number of aromatic nitrogens is 2. The average Bonchev–Trinajstić information content (AvgIpc) is 2.98. The van der Waals surface area contributed by atoms with Crippen molar-refractivity contribution in [1.29, 1.82) is 0 Å². The van der Waals surface area contributed by atoms with Crippen LogP contribution in [0.3, 0.4) is 0 Å². The minimum Gasteiger partial charge on any atom is -0.489 e. The monoisotopic (exact) mass is 525 g/mol. The lowest BCUT2D eigenvalue weighted by Gasteiger charge is -2.18. The molecule has 1 heterocycles. The van der Waals surface area contributed by atoms with E-state index < -0.39 is 11.9 Å². The summed E-state index contributed by atoms with van der Waals surface area (Å²) >= 11 is 0. The first-order valence-electron chi connectivity index (χ1n) is 9.04. The lowest BCUT2D eigenvalue weighted by Crippen LogP contribution is -2.41. The molecule has 6 nitrogen and oxygen atoms in total. The number of nitrogens with zero attached hydrogens (tertiary/aromatic N) is 3. The van der Waals surface area contributed by atoms with Gasteiger partial charge < -0.3 is 15.4 Å². The number of ether oxygens (including phenoxy) is 1. The van der Waals surface area contributed by atoms with Crippen LogP contribution in [0.2, 0.25) is 0 Å². The molecule has 1 aromatic heterocycles. The van der Waals surface area contributed by atoms with Gasteiger partial charge in [-0.2, -0.15) is 18.3 Å². The van der Waals surface area contributed by atoms with Gasteiger partial charge in [-0.25, -0.2) is 4.99 Å². The number of hydrogen-bond donors (Lipinski definition) is 2. The van der Waals surface area contributed by atoms with E-state index in [1.807, 2.05) is 45.0 Å². The van der Waals surface area contributed by atoms with Crippen LogP contribution < -0.4 is 15.4 Å². The third kappa shape index (κ3) is 8.11. The maximum absolute atomic E-state index is 13.1. The van der Waals surface area contributed by atoms with Gasteiger partial charge in [0.05, 0.1) is 13.1 Å². The molecule has 0 aliphatic rings.